The van der Waals surface area contributed by atoms with Crippen LogP contribution in [0.15, 0.2) is 47.4 Å². The van der Waals surface area contributed by atoms with E-state index >= 15 is 0 Å². The van der Waals surface area contributed by atoms with E-state index in [9.17, 15) is 22.8 Å². The smallest absolute Gasteiger partial charge is 0.416 e. The van der Waals surface area contributed by atoms with Crippen molar-refractivity contribution in [3.05, 3.63) is 58.6 Å². The number of fused-ring (bicyclic) bond motifs is 1. The number of halogens is 3. The Labute approximate surface area is 182 Å². The average Bonchev–Trinajstić information content (AvgIpc) is 2.94. The third kappa shape index (κ3) is 4.27. The van der Waals surface area contributed by atoms with Crippen molar-refractivity contribution < 1.29 is 22.7 Å². The number of rotatable bonds is 4. The highest BCUT2D eigenvalue weighted by molar-refractivity contribution is 5.74. The lowest BCUT2D eigenvalue weighted by molar-refractivity contribution is -0.157. The van der Waals surface area contributed by atoms with E-state index in [0.29, 0.717) is 29.9 Å². The first-order chi connectivity index (χ1) is 14.9. The van der Waals surface area contributed by atoms with E-state index in [1.54, 1.807) is 43.7 Å². The molecule has 1 fully saturated rings. The Morgan fingerprint density at radius 2 is 1.78 bits per heavy atom. The molecule has 0 spiro atoms. The fourth-order valence-electron chi connectivity index (χ4n) is 3.82. The van der Waals surface area contributed by atoms with Gasteiger partial charge in [-0.1, -0.05) is 0 Å². The van der Waals surface area contributed by atoms with Crippen LogP contribution in [-0.2, 0) is 15.7 Å². The molecular formula is C22H23F3N4O3. The predicted molar refractivity (Wildman–Crippen MR) is 112 cm³/mol. The lowest BCUT2D eigenvalue weighted by Crippen LogP contribution is -2.52. The minimum atomic E-state index is -4.46. The van der Waals surface area contributed by atoms with Crippen molar-refractivity contribution in [2.24, 2.45) is 0 Å². The maximum Gasteiger partial charge on any atom is 0.416 e. The number of benzene rings is 1. The number of aromatic nitrogens is 3. The summed E-state index contributed by atoms with van der Waals surface area (Å²) in [7, 11) is 0. The zero-order valence-electron chi connectivity index (χ0n) is 17.9. The van der Waals surface area contributed by atoms with Crippen LogP contribution in [-0.4, -0.2) is 50.2 Å². The first kappa shape index (κ1) is 22.1. The van der Waals surface area contributed by atoms with Gasteiger partial charge in [0.2, 0.25) is 0 Å². The van der Waals surface area contributed by atoms with Crippen molar-refractivity contribution in [3.63, 3.8) is 0 Å². The fraction of sp³-hybridized carbons (Fsp3) is 0.409. The molecule has 0 unspecified atom stereocenters. The van der Waals surface area contributed by atoms with Gasteiger partial charge in [0, 0.05) is 19.3 Å². The van der Waals surface area contributed by atoms with E-state index in [4.69, 9.17) is 4.74 Å². The molecule has 0 atom stereocenters. The van der Waals surface area contributed by atoms with Gasteiger partial charge in [-0.3, -0.25) is 18.8 Å². The zero-order valence-corrected chi connectivity index (χ0v) is 17.9. The van der Waals surface area contributed by atoms with Crippen LogP contribution in [0.5, 0.6) is 0 Å². The first-order valence-electron chi connectivity index (χ1n) is 10.1. The Bertz CT molecular complexity index is 1200. The summed E-state index contributed by atoms with van der Waals surface area (Å²) in [5.41, 5.74) is -0.475. The number of esters is 1. The molecule has 10 heteroatoms. The molecule has 0 radical (unpaired) electrons. The summed E-state index contributed by atoms with van der Waals surface area (Å²) in [5, 5.41) is 0. The van der Waals surface area contributed by atoms with Gasteiger partial charge in [-0.2, -0.15) is 13.2 Å². The minimum absolute atomic E-state index is 0.119. The standard InChI is InChI=1S/C22H23F3N4O3/c1-21(2,3)32-18(30)13-27-11-16(12-27)29-19-17(5-4-10-26-19)28(20(29)31)15-8-6-14(7-9-15)22(23,24)25/h4-10,16H,11-13H2,1-3H3. The number of hydrogen-bond acceptors (Lipinski definition) is 5. The number of carbonyl (C=O) groups is 1. The summed E-state index contributed by atoms with van der Waals surface area (Å²) >= 11 is 0. The van der Waals surface area contributed by atoms with Gasteiger partial charge in [-0.25, -0.2) is 9.78 Å². The fourth-order valence-corrected chi connectivity index (χ4v) is 3.82. The summed E-state index contributed by atoms with van der Waals surface area (Å²) in [6.45, 7) is 6.43. The molecule has 3 aromatic rings. The van der Waals surface area contributed by atoms with E-state index in [0.717, 1.165) is 12.1 Å². The Hall–Kier alpha value is -3.14. The van der Waals surface area contributed by atoms with Gasteiger partial charge in [-0.15, -0.1) is 0 Å². The van der Waals surface area contributed by atoms with Gasteiger partial charge in [-0.05, 0) is 57.2 Å². The molecule has 0 saturated carbocycles. The molecule has 1 aliphatic rings. The van der Waals surface area contributed by atoms with Crippen molar-refractivity contribution in [1.82, 2.24) is 19.0 Å². The quantitative estimate of drug-likeness (QED) is 0.573. The maximum absolute atomic E-state index is 13.3. The van der Waals surface area contributed by atoms with Gasteiger partial charge in [0.15, 0.2) is 5.65 Å². The number of pyridine rings is 1. The second kappa shape index (κ2) is 7.77. The minimum Gasteiger partial charge on any atom is -0.459 e. The average molecular weight is 448 g/mol. The van der Waals surface area contributed by atoms with Crippen LogP contribution in [0.25, 0.3) is 16.9 Å². The third-order valence-electron chi connectivity index (χ3n) is 5.16. The number of imidazole rings is 1. The molecule has 32 heavy (non-hydrogen) atoms. The molecule has 170 valence electrons. The third-order valence-corrected chi connectivity index (χ3v) is 5.16. The molecule has 4 rings (SSSR count). The molecule has 0 aliphatic carbocycles. The van der Waals surface area contributed by atoms with Crippen LogP contribution in [0.3, 0.4) is 0 Å². The van der Waals surface area contributed by atoms with Crippen LogP contribution in [0.4, 0.5) is 13.2 Å². The van der Waals surface area contributed by atoms with E-state index in [1.165, 1.54) is 16.7 Å². The van der Waals surface area contributed by atoms with Gasteiger partial charge in [0.1, 0.15) is 5.60 Å². The van der Waals surface area contributed by atoms with E-state index in [2.05, 4.69) is 4.98 Å². The molecule has 1 saturated heterocycles. The van der Waals surface area contributed by atoms with Crippen LogP contribution >= 0.6 is 0 Å². The number of ether oxygens (including phenoxy) is 1. The Balaban J connectivity index is 1.61. The highest BCUT2D eigenvalue weighted by atomic mass is 19.4. The molecule has 7 nitrogen and oxygen atoms in total. The van der Waals surface area contributed by atoms with Crippen LogP contribution in [0.2, 0.25) is 0 Å². The molecule has 3 heterocycles. The van der Waals surface area contributed by atoms with Crippen molar-refractivity contribution in [3.8, 4) is 5.69 Å². The maximum atomic E-state index is 13.3. The van der Waals surface area contributed by atoms with Gasteiger partial charge < -0.3 is 4.74 Å². The number of carbonyl (C=O) groups excluding carboxylic acids is 1. The number of alkyl halides is 3. The van der Waals surface area contributed by atoms with E-state index in [-0.39, 0.29) is 24.2 Å². The van der Waals surface area contributed by atoms with Crippen LogP contribution in [0, 0.1) is 0 Å². The largest absolute Gasteiger partial charge is 0.459 e. The lowest BCUT2D eigenvalue weighted by atomic mass is 10.1. The highest BCUT2D eigenvalue weighted by Gasteiger charge is 2.34. The predicted octanol–water partition coefficient (Wildman–Crippen LogP) is 3.40. The van der Waals surface area contributed by atoms with E-state index in [1.807, 2.05) is 4.90 Å². The lowest BCUT2D eigenvalue weighted by Gasteiger charge is -2.39. The second-order valence-corrected chi connectivity index (χ2v) is 8.81. The normalized spacial score (nSPS) is 15.7. The van der Waals surface area contributed by atoms with Gasteiger partial charge in [0.25, 0.3) is 0 Å². The van der Waals surface area contributed by atoms with Crippen LogP contribution < -0.4 is 5.69 Å². The van der Waals surface area contributed by atoms with Gasteiger partial charge >= 0.3 is 17.8 Å². The topological polar surface area (TPSA) is 69.4 Å². The Kier molecular flexibility index (Phi) is 5.36. The molecule has 1 aromatic carbocycles. The Morgan fingerprint density at radius 1 is 1.12 bits per heavy atom. The number of likely N-dealkylation sites (tertiary alicyclic amines) is 1. The van der Waals surface area contributed by atoms with Crippen molar-refractivity contribution in [2.45, 2.75) is 38.6 Å². The summed E-state index contributed by atoms with van der Waals surface area (Å²) in [6.07, 6.45) is -2.89. The summed E-state index contributed by atoms with van der Waals surface area (Å²) in [6, 6.07) is 7.61. The molecule has 0 bridgehead atoms. The number of nitrogens with zero attached hydrogens (tertiary/aromatic N) is 4. The van der Waals surface area contributed by atoms with Crippen molar-refractivity contribution in [1.29, 1.82) is 0 Å². The van der Waals surface area contributed by atoms with Gasteiger partial charge in [0.05, 0.1) is 29.4 Å². The first-order valence-corrected chi connectivity index (χ1v) is 10.1. The second-order valence-electron chi connectivity index (χ2n) is 8.81. The van der Waals surface area contributed by atoms with Crippen molar-refractivity contribution in [2.75, 3.05) is 19.6 Å². The molecule has 1 aliphatic heterocycles. The highest BCUT2D eigenvalue weighted by Crippen LogP contribution is 2.30. The van der Waals surface area contributed by atoms with Crippen molar-refractivity contribution >= 4 is 17.1 Å². The SMILES string of the molecule is CC(C)(C)OC(=O)CN1CC(n2c(=O)n(-c3ccc(C(F)(F)F)cc3)c3cccnc32)C1. The Morgan fingerprint density at radius 3 is 2.38 bits per heavy atom. The summed E-state index contributed by atoms with van der Waals surface area (Å²) in [5.74, 6) is -0.339. The molecule has 0 N–H and O–H groups in total. The summed E-state index contributed by atoms with van der Waals surface area (Å²) < 4.78 is 47.0. The monoisotopic (exact) mass is 448 g/mol. The zero-order chi connectivity index (χ0) is 23.3. The summed E-state index contributed by atoms with van der Waals surface area (Å²) in [4.78, 5) is 31.5. The van der Waals surface area contributed by atoms with Crippen LogP contribution in [0.1, 0.15) is 32.4 Å². The molecular weight excluding hydrogens is 425 g/mol. The molecule has 2 aromatic heterocycles. The number of hydrogen-bond donors (Lipinski definition) is 0. The molecule has 0 amide bonds. The van der Waals surface area contributed by atoms with E-state index < -0.39 is 17.3 Å².